The smallest absolute Gasteiger partial charge is 0.240 e. The first-order valence-electron chi connectivity index (χ1n) is 9.16. The summed E-state index contributed by atoms with van der Waals surface area (Å²) in [6.45, 7) is 2.11. The Labute approximate surface area is 169 Å². The van der Waals surface area contributed by atoms with Crippen LogP contribution in [0.25, 0.3) is 0 Å². The molecule has 8 heteroatoms. The molecule has 0 fully saturated rings. The highest BCUT2D eigenvalue weighted by atomic mass is 32.2. The molecule has 0 radical (unpaired) electrons. The Hall–Kier alpha value is -2.97. The van der Waals surface area contributed by atoms with E-state index in [1.54, 1.807) is 60.2 Å². The van der Waals surface area contributed by atoms with Gasteiger partial charge in [0.25, 0.3) is 0 Å². The minimum absolute atomic E-state index is 0.0676. The molecule has 3 aromatic rings. The Kier molecular flexibility index (Phi) is 6.46. The maximum absolute atomic E-state index is 13.9. The first-order chi connectivity index (χ1) is 13.9. The number of aromatic nitrogens is 1. The zero-order valence-corrected chi connectivity index (χ0v) is 16.7. The van der Waals surface area contributed by atoms with E-state index in [0.717, 1.165) is 0 Å². The number of carbonyl (C=O) groups excluding carboxylic acids is 1. The maximum Gasteiger partial charge on any atom is 0.240 e. The predicted molar refractivity (Wildman–Crippen MR) is 109 cm³/mol. The fraction of sp³-hybridized carbons (Fsp3) is 0.190. The average molecular weight is 415 g/mol. The molecule has 152 valence electrons. The van der Waals surface area contributed by atoms with E-state index >= 15 is 0 Å². The molecule has 0 atom stereocenters. The Balaban J connectivity index is 1.67. The lowest BCUT2D eigenvalue weighted by atomic mass is 10.2. The van der Waals surface area contributed by atoms with Crippen LogP contribution in [0.2, 0.25) is 0 Å². The second-order valence-corrected chi connectivity index (χ2v) is 8.24. The quantitative estimate of drug-likeness (QED) is 0.591. The fourth-order valence-corrected chi connectivity index (χ4v) is 3.79. The molecule has 1 amide bonds. The molecular weight excluding hydrogens is 393 g/mol. The van der Waals surface area contributed by atoms with Gasteiger partial charge in [-0.15, -0.1) is 0 Å². The van der Waals surface area contributed by atoms with Crippen LogP contribution in [0, 0.1) is 5.82 Å². The summed E-state index contributed by atoms with van der Waals surface area (Å²) < 4.78 is 43.4. The lowest BCUT2D eigenvalue weighted by Gasteiger charge is -2.12. The Bertz CT molecular complexity index is 1090. The van der Waals surface area contributed by atoms with Gasteiger partial charge in [0, 0.05) is 29.6 Å². The Morgan fingerprint density at radius 1 is 1.03 bits per heavy atom. The standard InChI is InChI=1S/C21H22FN3O3S/c1-2-21(26)24-17-9-11-19(12-10-17)29(27,28)23-14-18-7-5-13-25(18)15-16-6-3-4-8-20(16)22/h3-13,23H,2,14-15H2,1H3,(H,24,26). The van der Waals surface area contributed by atoms with Gasteiger partial charge < -0.3 is 9.88 Å². The first kappa shape index (κ1) is 20.8. The van der Waals surface area contributed by atoms with Crippen molar-refractivity contribution in [1.29, 1.82) is 0 Å². The number of sulfonamides is 1. The topological polar surface area (TPSA) is 80.2 Å². The second kappa shape index (κ2) is 9.02. The number of benzene rings is 2. The molecule has 3 rings (SSSR count). The molecule has 0 bridgehead atoms. The maximum atomic E-state index is 13.9. The summed E-state index contributed by atoms with van der Waals surface area (Å²) in [6, 6.07) is 16.0. The molecule has 0 unspecified atom stereocenters. The number of halogens is 1. The van der Waals surface area contributed by atoms with Crippen LogP contribution in [0.5, 0.6) is 0 Å². The molecule has 2 aromatic carbocycles. The third-order valence-corrected chi connectivity index (χ3v) is 5.85. The van der Waals surface area contributed by atoms with Gasteiger partial charge in [0.15, 0.2) is 0 Å². The van der Waals surface area contributed by atoms with Gasteiger partial charge in [-0.05, 0) is 42.5 Å². The summed E-state index contributed by atoms with van der Waals surface area (Å²) in [7, 11) is -3.74. The van der Waals surface area contributed by atoms with Crippen molar-refractivity contribution in [1.82, 2.24) is 9.29 Å². The molecule has 0 aliphatic heterocycles. The highest BCUT2D eigenvalue weighted by molar-refractivity contribution is 7.89. The van der Waals surface area contributed by atoms with E-state index in [9.17, 15) is 17.6 Å². The van der Waals surface area contributed by atoms with Crippen LogP contribution in [-0.2, 0) is 27.9 Å². The summed E-state index contributed by atoms with van der Waals surface area (Å²) in [4.78, 5) is 11.5. The van der Waals surface area contributed by atoms with E-state index < -0.39 is 10.0 Å². The van der Waals surface area contributed by atoms with Crippen molar-refractivity contribution in [3.05, 3.63) is 83.9 Å². The van der Waals surface area contributed by atoms with E-state index in [1.807, 2.05) is 0 Å². The fourth-order valence-electron chi connectivity index (χ4n) is 2.79. The van der Waals surface area contributed by atoms with Crippen molar-refractivity contribution in [2.75, 3.05) is 5.32 Å². The first-order valence-corrected chi connectivity index (χ1v) is 10.6. The van der Waals surface area contributed by atoms with Crippen LogP contribution < -0.4 is 10.0 Å². The molecule has 0 saturated carbocycles. The van der Waals surface area contributed by atoms with Crippen molar-refractivity contribution < 1.29 is 17.6 Å². The van der Waals surface area contributed by atoms with Gasteiger partial charge in [0.1, 0.15) is 5.82 Å². The highest BCUT2D eigenvalue weighted by Crippen LogP contribution is 2.16. The van der Waals surface area contributed by atoms with Crippen LogP contribution in [0.15, 0.2) is 71.8 Å². The summed E-state index contributed by atoms with van der Waals surface area (Å²) in [5.74, 6) is -0.447. The van der Waals surface area contributed by atoms with Crippen LogP contribution in [0.4, 0.5) is 10.1 Å². The van der Waals surface area contributed by atoms with E-state index in [0.29, 0.717) is 29.9 Å². The molecule has 6 nitrogen and oxygen atoms in total. The number of nitrogens with one attached hydrogen (secondary N) is 2. The minimum atomic E-state index is -3.74. The minimum Gasteiger partial charge on any atom is -0.346 e. The van der Waals surface area contributed by atoms with Gasteiger partial charge in [0.2, 0.25) is 15.9 Å². The number of carbonyl (C=O) groups is 1. The summed E-state index contributed by atoms with van der Waals surface area (Å²) >= 11 is 0. The van der Waals surface area contributed by atoms with Crippen molar-refractivity contribution in [2.24, 2.45) is 0 Å². The molecule has 2 N–H and O–H groups in total. The van der Waals surface area contributed by atoms with Crippen LogP contribution in [0.3, 0.4) is 0 Å². The van der Waals surface area contributed by atoms with E-state index in [2.05, 4.69) is 10.0 Å². The molecule has 1 aromatic heterocycles. The zero-order chi connectivity index (χ0) is 20.9. The molecule has 0 aliphatic carbocycles. The molecular formula is C21H22FN3O3S. The number of hydrogen-bond donors (Lipinski definition) is 2. The molecule has 0 saturated heterocycles. The van der Waals surface area contributed by atoms with Crippen LogP contribution in [-0.4, -0.2) is 18.9 Å². The lowest BCUT2D eigenvalue weighted by molar-refractivity contribution is -0.115. The Morgan fingerprint density at radius 3 is 2.45 bits per heavy atom. The summed E-state index contributed by atoms with van der Waals surface area (Å²) in [5.41, 5.74) is 1.77. The van der Waals surface area contributed by atoms with Gasteiger partial charge in [-0.25, -0.2) is 17.5 Å². The number of nitrogens with zero attached hydrogens (tertiary/aromatic N) is 1. The van der Waals surface area contributed by atoms with Gasteiger partial charge in [0.05, 0.1) is 18.0 Å². The number of anilines is 1. The van der Waals surface area contributed by atoms with E-state index in [4.69, 9.17) is 0 Å². The molecule has 0 aliphatic rings. The molecule has 29 heavy (non-hydrogen) atoms. The normalized spacial score (nSPS) is 11.4. The second-order valence-electron chi connectivity index (χ2n) is 6.47. The molecule has 0 spiro atoms. The largest absolute Gasteiger partial charge is 0.346 e. The van der Waals surface area contributed by atoms with E-state index in [1.165, 1.54) is 18.2 Å². The summed E-state index contributed by atoms with van der Waals surface area (Å²) in [5, 5.41) is 2.67. The third-order valence-electron chi connectivity index (χ3n) is 4.43. The number of amides is 1. The lowest BCUT2D eigenvalue weighted by Crippen LogP contribution is -2.24. The van der Waals surface area contributed by atoms with Gasteiger partial charge in [-0.1, -0.05) is 25.1 Å². The third kappa shape index (κ3) is 5.30. The van der Waals surface area contributed by atoms with Gasteiger partial charge >= 0.3 is 0 Å². The summed E-state index contributed by atoms with van der Waals surface area (Å²) in [6.07, 6.45) is 2.12. The molecule has 1 heterocycles. The van der Waals surface area contributed by atoms with Crippen molar-refractivity contribution >= 4 is 21.6 Å². The zero-order valence-electron chi connectivity index (χ0n) is 15.9. The predicted octanol–water partition coefficient (Wildman–Crippen LogP) is 3.50. The van der Waals surface area contributed by atoms with E-state index in [-0.39, 0.29) is 23.2 Å². The van der Waals surface area contributed by atoms with Gasteiger partial charge in [-0.3, -0.25) is 4.79 Å². The average Bonchev–Trinajstić information content (AvgIpc) is 3.15. The van der Waals surface area contributed by atoms with Crippen LogP contribution >= 0.6 is 0 Å². The van der Waals surface area contributed by atoms with Gasteiger partial charge in [-0.2, -0.15) is 0 Å². The SMILES string of the molecule is CCC(=O)Nc1ccc(S(=O)(=O)NCc2cccn2Cc2ccccc2F)cc1. The Morgan fingerprint density at radius 2 is 1.76 bits per heavy atom. The number of rotatable bonds is 8. The van der Waals surface area contributed by atoms with Crippen molar-refractivity contribution in [3.8, 4) is 0 Å². The highest BCUT2D eigenvalue weighted by Gasteiger charge is 2.15. The van der Waals surface area contributed by atoms with Crippen molar-refractivity contribution in [2.45, 2.75) is 31.3 Å². The number of hydrogen-bond acceptors (Lipinski definition) is 3. The van der Waals surface area contributed by atoms with Crippen molar-refractivity contribution in [3.63, 3.8) is 0 Å². The van der Waals surface area contributed by atoms with Crippen LogP contribution in [0.1, 0.15) is 24.6 Å². The monoisotopic (exact) mass is 415 g/mol.